The molecule has 0 aliphatic rings. The number of hydroxylamine groups is 2. The highest BCUT2D eigenvalue weighted by Gasteiger charge is 2.33. The number of unbranched alkanes of at least 4 members (excludes halogenated alkanes) is 3. The molecule has 0 saturated carbocycles. The van der Waals surface area contributed by atoms with Crippen LogP contribution in [0.3, 0.4) is 0 Å². The van der Waals surface area contributed by atoms with E-state index in [9.17, 15) is 10.4 Å². The van der Waals surface area contributed by atoms with Gasteiger partial charge in [-0.3, -0.25) is 4.90 Å². The molecule has 150 valence electrons. The fraction of sp³-hybridized carbons (Fsp3) is 0.647. The summed E-state index contributed by atoms with van der Waals surface area (Å²) < 4.78 is 2.18. The first-order valence-electron chi connectivity index (χ1n) is 8.56. The zero-order chi connectivity index (χ0) is 19.9. The molecule has 0 aromatic heterocycles. The zero-order valence-electron chi connectivity index (χ0n) is 15.2. The number of rotatable bonds is 11. The van der Waals surface area contributed by atoms with Gasteiger partial charge in [0.25, 0.3) is 0 Å². The van der Waals surface area contributed by atoms with Gasteiger partial charge in [-0.05, 0) is 68.5 Å². The number of hydrogen-bond donors (Lipinski definition) is 4. The lowest BCUT2D eigenvalue weighted by molar-refractivity contribution is -0.273. The van der Waals surface area contributed by atoms with Gasteiger partial charge in [0.15, 0.2) is 0 Å². The Morgan fingerprint density at radius 2 is 1.42 bits per heavy atom. The average Bonchev–Trinajstić information content (AvgIpc) is 2.53. The molecule has 6 nitrogen and oxygen atoms in total. The molecule has 9 heteroatoms. The molecule has 0 amide bonds. The number of hydrogen-bond acceptors (Lipinski definition) is 5. The average molecular weight is 564 g/mol. The minimum absolute atomic E-state index is 0.0562. The van der Waals surface area contributed by atoms with Crippen molar-refractivity contribution < 1.29 is 20.6 Å². The predicted molar refractivity (Wildman–Crippen MR) is 114 cm³/mol. The van der Waals surface area contributed by atoms with Crippen molar-refractivity contribution in [1.29, 1.82) is 0 Å². The van der Waals surface area contributed by atoms with Crippen molar-refractivity contribution in [2.24, 2.45) is 0 Å². The van der Waals surface area contributed by atoms with Gasteiger partial charge in [0, 0.05) is 29.7 Å². The Kier molecular flexibility index (Phi) is 10.8. The molecule has 1 rings (SSSR count). The standard InChI is InChI=1S/C17H28Br3N2O4/c1-21(8-10-24)11-13-14(18)12(7-5-3-4-6-9-23)15(19)17(16(13)20)22(2,25)26/h23-26H,3-11H2,1-2H3/q+1. The summed E-state index contributed by atoms with van der Waals surface area (Å²) in [6, 6.07) is 0. The molecule has 0 heterocycles. The number of halogens is 3. The lowest BCUT2D eigenvalue weighted by Crippen LogP contribution is -2.38. The normalized spacial score (nSPS) is 12.2. The second kappa shape index (κ2) is 11.4. The van der Waals surface area contributed by atoms with E-state index >= 15 is 0 Å². The van der Waals surface area contributed by atoms with Crippen LogP contribution in [0.1, 0.15) is 36.8 Å². The third-order valence-corrected chi connectivity index (χ3v) is 6.81. The van der Waals surface area contributed by atoms with Gasteiger partial charge in [-0.1, -0.05) is 28.8 Å². The molecule has 0 spiro atoms. The Labute approximate surface area is 180 Å². The molecule has 0 aliphatic heterocycles. The van der Waals surface area contributed by atoms with Crippen LogP contribution in [0.15, 0.2) is 13.4 Å². The van der Waals surface area contributed by atoms with Crippen molar-refractivity contribution in [3.63, 3.8) is 0 Å². The van der Waals surface area contributed by atoms with Crippen LogP contribution in [0.4, 0.5) is 5.69 Å². The van der Waals surface area contributed by atoms with Crippen molar-refractivity contribution in [3.8, 4) is 0 Å². The van der Waals surface area contributed by atoms with Crippen molar-refractivity contribution in [3.05, 3.63) is 24.5 Å². The molecule has 0 atom stereocenters. The number of likely N-dealkylation sites (N-methyl/N-ethyl adjacent to an activating group) is 1. The fourth-order valence-electron chi connectivity index (χ4n) is 2.77. The van der Waals surface area contributed by atoms with Crippen LogP contribution < -0.4 is 4.81 Å². The maximum atomic E-state index is 10.2. The van der Waals surface area contributed by atoms with Crippen molar-refractivity contribution in [2.75, 3.05) is 33.9 Å². The van der Waals surface area contributed by atoms with Crippen LogP contribution in [-0.2, 0) is 13.0 Å². The summed E-state index contributed by atoms with van der Waals surface area (Å²) in [5.74, 6) is 0. The molecule has 1 aromatic rings. The second-order valence-electron chi connectivity index (χ2n) is 6.51. The Bertz CT molecular complexity index is 595. The summed E-state index contributed by atoms with van der Waals surface area (Å²) in [4.78, 5) is 0.676. The summed E-state index contributed by atoms with van der Waals surface area (Å²) in [5.41, 5.74) is 2.22. The van der Waals surface area contributed by atoms with Crippen molar-refractivity contribution in [2.45, 2.75) is 38.6 Å². The van der Waals surface area contributed by atoms with Crippen LogP contribution in [0.25, 0.3) is 0 Å². The van der Waals surface area contributed by atoms with Gasteiger partial charge in [0.2, 0.25) is 5.69 Å². The van der Waals surface area contributed by atoms with Gasteiger partial charge < -0.3 is 10.2 Å². The molecule has 0 bridgehead atoms. The summed E-state index contributed by atoms with van der Waals surface area (Å²) >= 11 is 10.8. The first-order chi connectivity index (χ1) is 12.1. The van der Waals surface area contributed by atoms with Crippen LogP contribution in [-0.4, -0.2) is 59.4 Å². The topological polar surface area (TPSA) is 84.2 Å². The monoisotopic (exact) mass is 561 g/mol. The van der Waals surface area contributed by atoms with Crippen LogP contribution in [0, 0.1) is 0 Å². The number of nitrogens with zero attached hydrogens (tertiary/aromatic N) is 2. The van der Waals surface area contributed by atoms with Gasteiger partial charge in [-0.25, -0.2) is 0 Å². The molecule has 0 unspecified atom stereocenters. The maximum absolute atomic E-state index is 10.2. The van der Waals surface area contributed by atoms with E-state index in [4.69, 9.17) is 10.2 Å². The van der Waals surface area contributed by atoms with Gasteiger partial charge in [0.05, 0.1) is 15.6 Å². The summed E-state index contributed by atoms with van der Waals surface area (Å²) in [5, 5.41) is 38.5. The Morgan fingerprint density at radius 3 is 1.96 bits per heavy atom. The zero-order valence-corrected chi connectivity index (χ0v) is 19.9. The van der Waals surface area contributed by atoms with E-state index in [1.807, 2.05) is 11.9 Å². The van der Waals surface area contributed by atoms with E-state index in [1.165, 1.54) is 7.05 Å². The van der Waals surface area contributed by atoms with E-state index < -0.39 is 4.81 Å². The van der Waals surface area contributed by atoms with E-state index in [-0.39, 0.29) is 13.2 Å². The lowest BCUT2D eigenvalue weighted by atomic mass is 10.0. The number of aliphatic hydroxyl groups is 2. The minimum Gasteiger partial charge on any atom is -0.396 e. The third kappa shape index (κ3) is 6.79. The van der Waals surface area contributed by atoms with Gasteiger partial charge in [-0.15, -0.1) is 0 Å². The van der Waals surface area contributed by atoms with E-state index in [1.54, 1.807) is 0 Å². The summed E-state index contributed by atoms with van der Waals surface area (Å²) in [7, 11) is 3.18. The van der Waals surface area contributed by atoms with Gasteiger partial charge >= 0.3 is 0 Å². The predicted octanol–water partition coefficient (Wildman–Crippen LogP) is 4.21. The fourth-order valence-corrected chi connectivity index (χ4v) is 6.08. The molecule has 0 aliphatic carbocycles. The first-order valence-corrected chi connectivity index (χ1v) is 10.9. The number of benzene rings is 1. The minimum atomic E-state index is -1.29. The van der Waals surface area contributed by atoms with Crippen molar-refractivity contribution in [1.82, 2.24) is 9.71 Å². The van der Waals surface area contributed by atoms with E-state index in [0.29, 0.717) is 27.7 Å². The SMILES string of the molecule is CN(CCO)Cc1c(Br)c(CCCCCCO)c(Br)c([N+](C)(O)O)c1Br. The Balaban J connectivity index is 3.25. The number of quaternary nitrogens is 1. The molecule has 0 fully saturated rings. The van der Waals surface area contributed by atoms with Gasteiger partial charge in [0.1, 0.15) is 7.05 Å². The maximum Gasteiger partial charge on any atom is 0.228 e. The van der Waals surface area contributed by atoms with Crippen LogP contribution in [0.2, 0.25) is 0 Å². The highest BCUT2D eigenvalue weighted by atomic mass is 79.9. The quantitative estimate of drug-likeness (QED) is 0.184. The smallest absolute Gasteiger partial charge is 0.228 e. The van der Waals surface area contributed by atoms with Crippen molar-refractivity contribution >= 4 is 53.5 Å². The van der Waals surface area contributed by atoms with Crippen LogP contribution in [0.5, 0.6) is 0 Å². The highest BCUT2D eigenvalue weighted by Crippen LogP contribution is 2.46. The second-order valence-corrected chi connectivity index (χ2v) is 8.89. The highest BCUT2D eigenvalue weighted by molar-refractivity contribution is 9.11. The lowest BCUT2D eigenvalue weighted by Gasteiger charge is -2.25. The molecule has 26 heavy (non-hydrogen) atoms. The molecule has 4 N–H and O–H groups in total. The largest absolute Gasteiger partial charge is 0.396 e. The molecular formula is C17H28Br3N2O4+. The Hall–Kier alpha value is 0.420. The van der Waals surface area contributed by atoms with E-state index in [2.05, 4.69) is 47.8 Å². The Morgan fingerprint density at radius 1 is 0.846 bits per heavy atom. The van der Waals surface area contributed by atoms with Gasteiger partial charge in [-0.2, -0.15) is 10.4 Å². The molecule has 1 aromatic carbocycles. The first kappa shape index (κ1) is 24.5. The number of aliphatic hydroxyl groups excluding tert-OH is 2. The third-order valence-electron chi connectivity index (χ3n) is 4.14. The summed E-state index contributed by atoms with van der Waals surface area (Å²) in [6.45, 7) is 1.33. The van der Waals surface area contributed by atoms with E-state index in [0.717, 1.165) is 47.7 Å². The molecular weight excluding hydrogens is 536 g/mol. The summed E-state index contributed by atoms with van der Waals surface area (Å²) in [6.07, 6.45) is 4.46. The van der Waals surface area contributed by atoms with Crippen LogP contribution >= 0.6 is 47.8 Å². The molecule has 0 radical (unpaired) electrons. The molecule has 0 saturated heterocycles.